The summed E-state index contributed by atoms with van der Waals surface area (Å²) < 4.78 is 27.2. The van der Waals surface area contributed by atoms with Crippen molar-refractivity contribution < 1.29 is 8.42 Å². The lowest BCUT2D eigenvalue weighted by Crippen LogP contribution is -2.34. The Morgan fingerprint density at radius 2 is 2.05 bits per heavy atom. The molecule has 7 heteroatoms. The topological polar surface area (TPSA) is 53.5 Å². The summed E-state index contributed by atoms with van der Waals surface area (Å²) in [6, 6.07) is 7.45. The van der Waals surface area contributed by atoms with Crippen LogP contribution in [0.5, 0.6) is 0 Å². The first-order valence-corrected chi connectivity index (χ1v) is 9.63. The number of rotatable bonds is 4. The lowest BCUT2D eigenvalue weighted by molar-refractivity contribution is 0.278. The number of aromatic nitrogens is 1. The molecular formula is C15H19N3O2S2. The molecule has 0 radical (unpaired) electrons. The van der Waals surface area contributed by atoms with E-state index < -0.39 is 10.0 Å². The Morgan fingerprint density at radius 1 is 1.14 bits per heavy atom. The van der Waals surface area contributed by atoms with Crippen LogP contribution in [0.2, 0.25) is 0 Å². The molecule has 0 N–H and O–H groups in total. The maximum absolute atomic E-state index is 12.6. The van der Waals surface area contributed by atoms with Crippen molar-refractivity contribution in [3.63, 3.8) is 0 Å². The fourth-order valence-corrected chi connectivity index (χ4v) is 5.25. The summed E-state index contributed by atoms with van der Waals surface area (Å²) >= 11 is 1.28. The number of sulfonamides is 1. The maximum atomic E-state index is 12.6. The van der Waals surface area contributed by atoms with Crippen molar-refractivity contribution in [2.24, 2.45) is 0 Å². The molecule has 3 heterocycles. The van der Waals surface area contributed by atoms with E-state index in [1.54, 1.807) is 28.0 Å². The molecule has 0 unspecified atom stereocenters. The van der Waals surface area contributed by atoms with Crippen molar-refractivity contribution in [1.29, 1.82) is 0 Å². The predicted molar refractivity (Wildman–Crippen MR) is 87.2 cm³/mol. The number of thiophene rings is 1. The molecule has 2 aromatic rings. The molecular weight excluding hydrogens is 318 g/mol. The zero-order valence-electron chi connectivity index (χ0n) is 12.3. The van der Waals surface area contributed by atoms with Crippen LogP contribution in [0.1, 0.15) is 12.0 Å². The predicted octanol–water partition coefficient (Wildman–Crippen LogP) is 2.04. The van der Waals surface area contributed by atoms with Crippen LogP contribution in [0.4, 0.5) is 0 Å². The highest BCUT2D eigenvalue weighted by Crippen LogP contribution is 2.22. The van der Waals surface area contributed by atoms with E-state index in [4.69, 9.17) is 0 Å². The molecule has 0 spiro atoms. The zero-order chi connectivity index (χ0) is 15.4. The second-order valence-corrected chi connectivity index (χ2v) is 8.44. The molecule has 0 aliphatic carbocycles. The largest absolute Gasteiger partial charge is 0.298 e. The van der Waals surface area contributed by atoms with Crippen molar-refractivity contribution in [1.82, 2.24) is 14.2 Å². The quantitative estimate of drug-likeness (QED) is 0.857. The van der Waals surface area contributed by atoms with Gasteiger partial charge in [-0.25, -0.2) is 8.42 Å². The summed E-state index contributed by atoms with van der Waals surface area (Å²) in [7, 11) is -3.33. The minimum Gasteiger partial charge on any atom is -0.298 e. The third kappa shape index (κ3) is 3.55. The Balaban J connectivity index is 1.65. The van der Waals surface area contributed by atoms with Crippen LogP contribution >= 0.6 is 11.3 Å². The van der Waals surface area contributed by atoms with Gasteiger partial charge in [-0.15, -0.1) is 11.3 Å². The molecule has 0 atom stereocenters. The Kier molecular flexibility index (Phi) is 4.87. The van der Waals surface area contributed by atoms with E-state index in [-0.39, 0.29) is 0 Å². The van der Waals surface area contributed by atoms with Gasteiger partial charge in [0.25, 0.3) is 10.0 Å². The summed E-state index contributed by atoms with van der Waals surface area (Å²) in [5.74, 6) is 0. The van der Waals surface area contributed by atoms with Crippen LogP contribution in [0.3, 0.4) is 0 Å². The fraction of sp³-hybridized carbons (Fsp3) is 0.400. The summed E-state index contributed by atoms with van der Waals surface area (Å²) in [4.78, 5) is 6.42. The van der Waals surface area contributed by atoms with Gasteiger partial charge >= 0.3 is 0 Å². The van der Waals surface area contributed by atoms with Crippen molar-refractivity contribution in [2.45, 2.75) is 17.2 Å². The Bertz CT molecular complexity index is 687. The molecule has 2 aromatic heterocycles. The Labute approximate surface area is 135 Å². The number of nitrogens with zero attached hydrogens (tertiary/aromatic N) is 3. The monoisotopic (exact) mass is 337 g/mol. The molecule has 0 amide bonds. The van der Waals surface area contributed by atoms with Crippen molar-refractivity contribution >= 4 is 21.4 Å². The van der Waals surface area contributed by atoms with Gasteiger partial charge in [-0.2, -0.15) is 4.31 Å². The highest BCUT2D eigenvalue weighted by molar-refractivity contribution is 7.91. The van der Waals surface area contributed by atoms with Crippen LogP contribution in [-0.4, -0.2) is 48.8 Å². The van der Waals surface area contributed by atoms with Gasteiger partial charge in [0, 0.05) is 38.6 Å². The highest BCUT2D eigenvalue weighted by Gasteiger charge is 2.27. The fourth-order valence-electron chi connectivity index (χ4n) is 2.63. The molecule has 0 bridgehead atoms. The minimum atomic E-state index is -3.33. The maximum Gasteiger partial charge on any atom is 0.252 e. The van der Waals surface area contributed by atoms with E-state index in [0.717, 1.165) is 31.6 Å². The molecule has 1 fully saturated rings. The standard InChI is InChI=1S/C15H19N3O2S2/c19-22(20,15-5-2-11-21-15)18-8-3-7-17(9-10-18)13-14-4-1-6-16-12-14/h1-2,4-6,11-12H,3,7-10,13H2. The van der Waals surface area contributed by atoms with Crippen LogP contribution in [0, 0.1) is 0 Å². The van der Waals surface area contributed by atoms with Crippen LogP contribution in [0.15, 0.2) is 46.2 Å². The molecule has 1 aliphatic heterocycles. The van der Waals surface area contributed by atoms with Crippen LogP contribution in [0.25, 0.3) is 0 Å². The number of hydrogen-bond acceptors (Lipinski definition) is 5. The van der Waals surface area contributed by atoms with Gasteiger partial charge in [0.15, 0.2) is 0 Å². The van der Waals surface area contributed by atoms with Crippen LogP contribution < -0.4 is 0 Å². The first-order valence-electron chi connectivity index (χ1n) is 7.31. The van der Waals surface area contributed by atoms with E-state index in [9.17, 15) is 8.42 Å². The number of hydrogen-bond donors (Lipinski definition) is 0. The van der Waals surface area contributed by atoms with E-state index in [1.807, 2.05) is 12.3 Å². The molecule has 1 aliphatic rings. The second kappa shape index (κ2) is 6.87. The van der Waals surface area contributed by atoms with Crippen molar-refractivity contribution in [2.75, 3.05) is 26.2 Å². The Hall–Kier alpha value is -1.28. The normalized spacial score (nSPS) is 18.2. The van der Waals surface area contributed by atoms with Gasteiger partial charge < -0.3 is 0 Å². The summed E-state index contributed by atoms with van der Waals surface area (Å²) in [6.07, 6.45) is 4.48. The van der Waals surface area contributed by atoms with Gasteiger partial charge in [0.05, 0.1) is 0 Å². The zero-order valence-corrected chi connectivity index (χ0v) is 13.9. The molecule has 22 heavy (non-hydrogen) atoms. The summed E-state index contributed by atoms with van der Waals surface area (Å²) in [6.45, 7) is 3.61. The van der Waals surface area contributed by atoms with Crippen molar-refractivity contribution in [3.8, 4) is 0 Å². The van der Waals surface area contributed by atoms with E-state index in [2.05, 4.69) is 16.0 Å². The lowest BCUT2D eigenvalue weighted by atomic mass is 10.2. The third-order valence-electron chi connectivity index (χ3n) is 3.77. The van der Waals surface area contributed by atoms with E-state index in [1.165, 1.54) is 11.3 Å². The third-order valence-corrected chi connectivity index (χ3v) is 7.04. The van der Waals surface area contributed by atoms with E-state index in [0.29, 0.717) is 17.3 Å². The van der Waals surface area contributed by atoms with Gasteiger partial charge in [0.2, 0.25) is 0 Å². The van der Waals surface area contributed by atoms with E-state index >= 15 is 0 Å². The van der Waals surface area contributed by atoms with Crippen molar-refractivity contribution in [3.05, 3.63) is 47.6 Å². The average molecular weight is 337 g/mol. The van der Waals surface area contributed by atoms with Gasteiger partial charge in [0.1, 0.15) is 4.21 Å². The Morgan fingerprint density at radius 3 is 2.77 bits per heavy atom. The lowest BCUT2D eigenvalue weighted by Gasteiger charge is -2.21. The molecule has 5 nitrogen and oxygen atoms in total. The molecule has 0 saturated carbocycles. The minimum absolute atomic E-state index is 0.438. The first kappa shape index (κ1) is 15.6. The van der Waals surface area contributed by atoms with Gasteiger partial charge in [-0.1, -0.05) is 12.1 Å². The first-order chi connectivity index (χ1) is 10.7. The summed E-state index contributed by atoms with van der Waals surface area (Å²) in [5, 5.41) is 1.80. The van der Waals surface area contributed by atoms with Crippen LogP contribution in [-0.2, 0) is 16.6 Å². The molecule has 118 valence electrons. The summed E-state index contributed by atoms with van der Waals surface area (Å²) in [5.41, 5.74) is 1.16. The second-order valence-electron chi connectivity index (χ2n) is 5.33. The highest BCUT2D eigenvalue weighted by atomic mass is 32.2. The molecule has 0 aromatic carbocycles. The number of pyridine rings is 1. The SMILES string of the molecule is O=S(=O)(c1cccs1)N1CCCN(Cc2cccnc2)CC1. The van der Waals surface area contributed by atoms with Gasteiger partial charge in [-0.05, 0) is 36.0 Å². The smallest absolute Gasteiger partial charge is 0.252 e. The molecule has 1 saturated heterocycles. The molecule has 3 rings (SSSR count). The average Bonchev–Trinajstić information content (AvgIpc) is 2.97. The van der Waals surface area contributed by atoms with Gasteiger partial charge in [-0.3, -0.25) is 9.88 Å².